The molecule has 5 heteroatoms. The minimum Gasteiger partial charge on any atom is -0.487 e. The smallest absolute Gasteiger partial charge is 0.223 e. The average molecular weight is 339 g/mol. The first-order valence-electron chi connectivity index (χ1n) is 8.33. The molecule has 0 spiro atoms. The van der Waals surface area contributed by atoms with Gasteiger partial charge in [-0.1, -0.05) is 19.3 Å². The molecule has 3 rings (SSSR count). The van der Waals surface area contributed by atoms with Crippen LogP contribution in [0.2, 0.25) is 0 Å². The summed E-state index contributed by atoms with van der Waals surface area (Å²) in [4.78, 5) is 12.6. The van der Waals surface area contributed by atoms with E-state index in [1.807, 2.05) is 18.2 Å². The zero-order valence-electron chi connectivity index (χ0n) is 13.9. The van der Waals surface area contributed by atoms with Crippen molar-refractivity contribution in [3.63, 3.8) is 0 Å². The Morgan fingerprint density at radius 1 is 1.26 bits per heavy atom. The van der Waals surface area contributed by atoms with Crippen molar-refractivity contribution < 1.29 is 9.53 Å². The molecule has 23 heavy (non-hydrogen) atoms. The molecule has 1 amide bonds. The number of nitrogens with two attached hydrogens (primary N) is 1. The maximum atomic E-state index is 12.6. The molecule has 1 unspecified atom stereocenters. The third-order valence-electron chi connectivity index (χ3n) is 4.78. The van der Waals surface area contributed by atoms with Crippen molar-refractivity contribution in [1.82, 2.24) is 5.32 Å². The summed E-state index contributed by atoms with van der Waals surface area (Å²) < 4.78 is 6.02. The second-order valence-electron chi connectivity index (χ2n) is 7.26. The minimum atomic E-state index is -0.284. The molecular formula is C18H27ClN2O2. The molecule has 0 radical (unpaired) electrons. The Bertz CT molecular complexity index is 568. The first-order valence-corrected chi connectivity index (χ1v) is 8.33. The molecular weight excluding hydrogens is 312 g/mol. The second kappa shape index (κ2) is 7.00. The molecule has 0 bridgehead atoms. The number of hydrogen-bond donors (Lipinski definition) is 2. The quantitative estimate of drug-likeness (QED) is 0.801. The Kier molecular flexibility index (Phi) is 5.45. The second-order valence-corrected chi connectivity index (χ2v) is 7.26. The van der Waals surface area contributed by atoms with E-state index >= 15 is 0 Å². The van der Waals surface area contributed by atoms with Crippen LogP contribution in [0.25, 0.3) is 0 Å². The van der Waals surface area contributed by atoms with Crippen LogP contribution in [0, 0.1) is 5.92 Å². The lowest BCUT2D eigenvalue weighted by Crippen LogP contribution is -2.43. The van der Waals surface area contributed by atoms with Crippen LogP contribution < -0.4 is 15.8 Å². The number of hydrogen-bond acceptors (Lipinski definition) is 3. The molecule has 1 heterocycles. The largest absolute Gasteiger partial charge is 0.487 e. The molecule has 1 aliphatic heterocycles. The van der Waals surface area contributed by atoms with Gasteiger partial charge in [-0.15, -0.1) is 12.4 Å². The molecule has 3 N–H and O–H groups in total. The summed E-state index contributed by atoms with van der Waals surface area (Å²) in [6, 6.07) is 5.67. The summed E-state index contributed by atoms with van der Waals surface area (Å²) in [7, 11) is 0. The van der Waals surface area contributed by atoms with E-state index in [0.717, 1.165) is 30.6 Å². The Morgan fingerprint density at radius 2 is 1.96 bits per heavy atom. The molecule has 1 aromatic carbocycles. The number of benzene rings is 1. The number of rotatable bonds is 2. The van der Waals surface area contributed by atoms with Crippen LogP contribution in [-0.4, -0.2) is 11.5 Å². The normalized spacial score (nSPS) is 23.1. The van der Waals surface area contributed by atoms with Gasteiger partial charge in [-0.25, -0.2) is 0 Å². The van der Waals surface area contributed by atoms with Crippen LogP contribution in [0.1, 0.15) is 64.0 Å². The number of amides is 1. The lowest BCUT2D eigenvalue weighted by atomic mass is 9.86. The highest BCUT2D eigenvalue weighted by molar-refractivity contribution is 5.85. The molecule has 1 saturated carbocycles. The predicted molar refractivity (Wildman–Crippen MR) is 94.9 cm³/mol. The van der Waals surface area contributed by atoms with E-state index in [1.54, 1.807) is 0 Å². The number of fused-ring (bicyclic) bond motifs is 1. The predicted octanol–water partition coefficient (Wildman–Crippen LogP) is 3.99. The molecule has 0 saturated heterocycles. The summed E-state index contributed by atoms with van der Waals surface area (Å²) >= 11 is 0. The van der Waals surface area contributed by atoms with Gasteiger partial charge in [0.15, 0.2) is 0 Å². The van der Waals surface area contributed by atoms with Gasteiger partial charge in [0.25, 0.3) is 0 Å². The van der Waals surface area contributed by atoms with Crippen molar-refractivity contribution in [3.8, 4) is 5.75 Å². The number of nitrogens with one attached hydrogen (secondary N) is 1. The van der Waals surface area contributed by atoms with Crippen LogP contribution in [0.15, 0.2) is 18.2 Å². The highest BCUT2D eigenvalue weighted by atomic mass is 35.5. The molecule has 4 nitrogen and oxygen atoms in total. The van der Waals surface area contributed by atoms with Crippen LogP contribution in [0.5, 0.6) is 5.75 Å². The SMILES string of the molecule is CC1(C)CC(NC(=O)C2CCCCC2)c2cc(N)ccc2O1.Cl. The van der Waals surface area contributed by atoms with Gasteiger partial charge >= 0.3 is 0 Å². The molecule has 2 aliphatic rings. The van der Waals surface area contributed by atoms with Crippen molar-refractivity contribution in [2.75, 3.05) is 5.73 Å². The van der Waals surface area contributed by atoms with E-state index in [0.29, 0.717) is 5.69 Å². The zero-order valence-corrected chi connectivity index (χ0v) is 14.7. The highest BCUT2D eigenvalue weighted by Crippen LogP contribution is 2.40. The fourth-order valence-corrected chi connectivity index (χ4v) is 3.66. The van der Waals surface area contributed by atoms with Gasteiger partial charge in [0, 0.05) is 23.6 Å². The Morgan fingerprint density at radius 3 is 2.65 bits per heavy atom. The van der Waals surface area contributed by atoms with Crippen LogP contribution in [-0.2, 0) is 4.79 Å². The Hall–Kier alpha value is -1.42. The van der Waals surface area contributed by atoms with Gasteiger partial charge in [0.05, 0.1) is 6.04 Å². The summed E-state index contributed by atoms with van der Waals surface area (Å²) in [6.07, 6.45) is 6.39. The molecule has 128 valence electrons. The number of carbonyl (C=O) groups is 1. The first kappa shape index (κ1) is 17.9. The third-order valence-corrected chi connectivity index (χ3v) is 4.78. The molecule has 0 aromatic heterocycles. The van der Waals surface area contributed by atoms with Gasteiger partial charge in [0.2, 0.25) is 5.91 Å². The van der Waals surface area contributed by atoms with Gasteiger partial charge in [-0.2, -0.15) is 0 Å². The van der Waals surface area contributed by atoms with Crippen LogP contribution in [0.3, 0.4) is 0 Å². The van der Waals surface area contributed by atoms with E-state index in [1.165, 1.54) is 19.3 Å². The van der Waals surface area contributed by atoms with Crippen molar-refractivity contribution in [1.29, 1.82) is 0 Å². The highest BCUT2D eigenvalue weighted by Gasteiger charge is 2.35. The van der Waals surface area contributed by atoms with Crippen LogP contribution in [0.4, 0.5) is 5.69 Å². The van der Waals surface area contributed by atoms with Gasteiger partial charge in [-0.3, -0.25) is 4.79 Å². The summed E-state index contributed by atoms with van der Waals surface area (Å²) in [5.74, 6) is 1.19. The topological polar surface area (TPSA) is 64.4 Å². The molecule has 1 aliphatic carbocycles. The monoisotopic (exact) mass is 338 g/mol. The maximum Gasteiger partial charge on any atom is 0.223 e. The minimum absolute atomic E-state index is 0. The van der Waals surface area contributed by atoms with E-state index < -0.39 is 0 Å². The van der Waals surface area contributed by atoms with E-state index in [2.05, 4.69) is 19.2 Å². The Balaban J connectivity index is 0.00000192. The van der Waals surface area contributed by atoms with Crippen molar-refractivity contribution in [3.05, 3.63) is 23.8 Å². The molecule has 1 aromatic rings. The first-order chi connectivity index (χ1) is 10.4. The Labute approximate surface area is 144 Å². The van der Waals surface area contributed by atoms with E-state index in [9.17, 15) is 4.79 Å². The number of ether oxygens (including phenoxy) is 1. The summed E-state index contributed by atoms with van der Waals surface area (Å²) in [5, 5.41) is 3.25. The number of anilines is 1. The van der Waals surface area contributed by atoms with Gasteiger partial charge < -0.3 is 15.8 Å². The standard InChI is InChI=1S/C18H26N2O2.ClH/c1-18(2)11-15(14-10-13(19)8-9-16(14)22-18)20-17(21)12-6-4-3-5-7-12;/h8-10,12,15H,3-7,11,19H2,1-2H3,(H,20,21);1H. The third kappa shape index (κ3) is 4.11. The van der Waals surface area contributed by atoms with Gasteiger partial charge in [-0.05, 0) is 44.9 Å². The number of carbonyl (C=O) groups excluding carboxylic acids is 1. The van der Waals surface area contributed by atoms with E-state index in [-0.39, 0.29) is 35.9 Å². The fourth-order valence-electron chi connectivity index (χ4n) is 3.66. The van der Waals surface area contributed by atoms with Crippen LogP contribution >= 0.6 is 12.4 Å². The number of nitrogen functional groups attached to an aromatic ring is 1. The van der Waals surface area contributed by atoms with Crippen molar-refractivity contribution in [2.45, 2.75) is 64.0 Å². The van der Waals surface area contributed by atoms with E-state index in [4.69, 9.17) is 10.5 Å². The summed E-state index contributed by atoms with van der Waals surface area (Å²) in [5.41, 5.74) is 7.34. The molecule has 1 fully saturated rings. The summed E-state index contributed by atoms with van der Waals surface area (Å²) in [6.45, 7) is 4.12. The maximum absolute atomic E-state index is 12.6. The van der Waals surface area contributed by atoms with Gasteiger partial charge in [0.1, 0.15) is 11.4 Å². The fraction of sp³-hybridized carbons (Fsp3) is 0.611. The molecule has 1 atom stereocenters. The lowest BCUT2D eigenvalue weighted by Gasteiger charge is -2.38. The lowest BCUT2D eigenvalue weighted by molar-refractivity contribution is -0.127. The zero-order chi connectivity index (χ0) is 15.7. The number of halogens is 1. The van der Waals surface area contributed by atoms with Crippen molar-refractivity contribution in [2.24, 2.45) is 5.92 Å². The van der Waals surface area contributed by atoms with Crippen molar-refractivity contribution >= 4 is 24.0 Å². The average Bonchev–Trinajstić information content (AvgIpc) is 2.48.